The van der Waals surface area contributed by atoms with E-state index < -0.39 is 10.0 Å². The summed E-state index contributed by atoms with van der Waals surface area (Å²) in [6.07, 6.45) is 9.35. The Balaban J connectivity index is 1.74. The van der Waals surface area contributed by atoms with Crippen LogP contribution < -0.4 is 5.32 Å². The molecule has 0 unspecified atom stereocenters. The summed E-state index contributed by atoms with van der Waals surface area (Å²) in [7, 11) is -3.44. The van der Waals surface area contributed by atoms with Gasteiger partial charge in [0, 0.05) is 31.2 Å². The molecule has 1 saturated carbocycles. The minimum absolute atomic E-state index is 0.274. The first-order valence-corrected chi connectivity index (χ1v) is 9.38. The van der Waals surface area contributed by atoms with Crippen molar-refractivity contribution < 1.29 is 8.42 Å². The van der Waals surface area contributed by atoms with E-state index in [4.69, 9.17) is 0 Å². The van der Waals surface area contributed by atoms with Crippen molar-refractivity contribution in [3.8, 4) is 0 Å². The standard InChI is InChI=1S/C14H24N4O2S/c19-21(20,18-8-4-2-1-3-5-9-18)14-12(11-16-17-14)10-15-13-6-7-13/h11,13,15H,1-10H2,(H,16,17). The van der Waals surface area contributed by atoms with Crippen LogP contribution in [0.2, 0.25) is 0 Å². The van der Waals surface area contributed by atoms with Gasteiger partial charge in [0.1, 0.15) is 0 Å². The molecule has 1 saturated heterocycles. The second-order valence-electron chi connectivity index (χ2n) is 6.05. The molecule has 1 aromatic heterocycles. The van der Waals surface area contributed by atoms with Gasteiger partial charge in [0.2, 0.25) is 0 Å². The predicted molar refractivity (Wildman–Crippen MR) is 80.3 cm³/mol. The molecule has 118 valence electrons. The zero-order chi connectivity index (χ0) is 14.7. The molecule has 0 aromatic carbocycles. The fraction of sp³-hybridized carbons (Fsp3) is 0.786. The molecule has 0 atom stereocenters. The smallest absolute Gasteiger partial charge is 0.260 e. The average molecular weight is 312 g/mol. The molecular formula is C14H24N4O2S. The van der Waals surface area contributed by atoms with Crippen LogP contribution in [0.25, 0.3) is 0 Å². The largest absolute Gasteiger partial charge is 0.310 e. The molecule has 2 fully saturated rings. The number of hydrogen-bond donors (Lipinski definition) is 2. The number of sulfonamides is 1. The molecule has 1 aliphatic heterocycles. The quantitative estimate of drug-likeness (QED) is 0.866. The highest BCUT2D eigenvalue weighted by molar-refractivity contribution is 7.89. The summed E-state index contributed by atoms with van der Waals surface area (Å²) < 4.78 is 27.3. The van der Waals surface area contributed by atoms with Gasteiger partial charge in [-0.05, 0) is 25.7 Å². The van der Waals surface area contributed by atoms with Crippen LogP contribution in [0.1, 0.15) is 50.5 Å². The van der Waals surface area contributed by atoms with Crippen LogP contribution >= 0.6 is 0 Å². The van der Waals surface area contributed by atoms with Gasteiger partial charge in [0.05, 0.1) is 6.20 Å². The Labute approximate surface area is 126 Å². The van der Waals surface area contributed by atoms with E-state index in [0.717, 1.165) is 31.2 Å². The fourth-order valence-corrected chi connectivity index (χ4v) is 4.40. The van der Waals surface area contributed by atoms with Crippen molar-refractivity contribution in [1.82, 2.24) is 19.8 Å². The van der Waals surface area contributed by atoms with E-state index in [-0.39, 0.29) is 5.03 Å². The summed E-state index contributed by atoms with van der Waals surface area (Å²) in [5, 5.41) is 10.3. The Morgan fingerprint density at radius 1 is 1.19 bits per heavy atom. The van der Waals surface area contributed by atoms with E-state index >= 15 is 0 Å². The number of H-pyrrole nitrogens is 1. The fourth-order valence-electron chi connectivity index (χ4n) is 2.78. The zero-order valence-corrected chi connectivity index (χ0v) is 13.2. The number of aromatic amines is 1. The number of rotatable bonds is 5. The first kappa shape index (κ1) is 15.0. The van der Waals surface area contributed by atoms with Gasteiger partial charge in [0.15, 0.2) is 5.03 Å². The van der Waals surface area contributed by atoms with Gasteiger partial charge in [-0.3, -0.25) is 5.10 Å². The lowest BCUT2D eigenvalue weighted by atomic mass is 10.1. The van der Waals surface area contributed by atoms with Crippen LogP contribution in [0, 0.1) is 0 Å². The molecular weight excluding hydrogens is 288 g/mol. The normalized spacial score (nSPS) is 21.9. The van der Waals surface area contributed by atoms with Crippen molar-refractivity contribution in [3.05, 3.63) is 11.8 Å². The van der Waals surface area contributed by atoms with Gasteiger partial charge in [-0.2, -0.15) is 9.40 Å². The maximum atomic E-state index is 12.8. The van der Waals surface area contributed by atoms with Gasteiger partial charge >= 0.3 is 0 Å². The van der Waals surface area contributed by atoms with E-state index in [1.54, 1.807) is 10.5 Å². The van der Waals surface area contributed by atoms with Crippen LogP contribution in [0.4, 0.5) is 0 Å². The third-order valence-electron chi connectivity index (χ3n) is 4.25. The second kappa shape index (κ2) is 6.46. The third kappa shape index (κ3) is 3.64. The van der Waals surface area contributed by atoms with Crippen molar-refractivity contribution in [2.45, 2.75) is 62.6 Å². The third-order valence-corrected chi connectivity index (χ3v) is 6.16. The topological polar surface area (TPSA) is 78.1 Å². The van der Waals surface area contributed by atoms with E-state index in [1.165, 1.54) is 19.3 Å². The average Bonchev–Trinajstić information content (AvgIpc) is 3.11. The highest BCUT2D eigenvalue weighted by Gasteiger charge is 2.29. The molecule has 0 bridgehead atoms. The zero-order valence-electron chi connectivity index (χ0n) is 12.3. The summed E-state index contributed by atoms with van der Waals surface area (Å²) in [6.45, 7) is 1.82. The Morgan fingerprint density at radius 2 is 1.86 bits per heavy atom. The van der Waals surface area contributed by atoms with E-state index in [1.807, 2.05) is 0 Å². The highest BCUT2D eigenvalue weighted by Crippen LogP contribution is 2.23. The van der Waals surface area contributed by atoms with Gasteiger partial charge in [-0.25, -0.2) is 8.42 Å². The minimum atomic E-state index is -3.44. The molecule has 1 aliphatic carbocycles. The predicted octanol–water partition coefficient (Wildman–Crippen LogP) is 1.62. The van der Waals surface area contributed by atoms with Crippen molar-refractivity contribution >= 4 is 10.0 Å². The second-order valence-corrected chi connectivity index (χ2v) is 7.93. The molecule has 0 radical (unpaired) electrons. The van der Waals surface area contributed by atoms with Crippen molar-refractivity contribution in [3.63, 3.8) is 0 Å². The molecule has 6 nitrogen and oxygen atoms in total. The lowest BCUT2D eigenvalue weighted by Gasteiger charge is -2.23. The molecule has 0 amide bonds. The Kier molecular flexibility index (Phi) is 4.61. The molecule has 1 aromatic rings. The summed E-state index contributed by atoms with van der Waals surface area (Å²) in [5.41, 5.74) is 0.754. The minimum Gasteiger partial charge on any atom is -0.310 e. The van der Waals surface area contributed by atoms with Gasteiger partial charge in [-0.1, -0.05) is 19.3 Å². The van der Waals surface area contributed by atoms with Crippen LogP contribution in [-0.4, -0.2) is 42.1 Å². The van der Waals surface area contributed by atoms with E-state index in [2.05, 4.69) is 15.5 Å². The van der Waals surface area contributed by atoms with Crippen molar-refractivity contribution in [2.75, 3.05) is 13.1 Å². The first-order chi connectivity index (χ1) is 10.2. The molecule has 7 heteroatoms. The first-order valence-electron chi connectivity index (χ1n) is 7.94. The number of nitrogens with one attached hydrogen (secondary N) is 2. The monoisotopic (exact) mass is 312 g/mol. The maximum absolute atomic E-state index is 12.8. The number of nitrogens with zero attached hydrogens (tertiary/aromatic N) is 2. The van der Waals surface area contributed by atoms with Gasteiger partial charge < -0.3 is 5.32 Å². The van der Waals surface area contributed by atoms with Crippen LogP contribution in [0.5, 0.6) is 0 Å². The van der Waals surface area contributed by atoms with Gasteiger partial charge in [0.25, 0.3) is 10.0 Å². The van der Waals surface area contributed by atoms with Crippen LogP contribution in [0.15, 0.2) is 11.2 Å². The van der Waals surface area contributed by atoms with E-state index in [0.29, 0.717) is 25.7 Å². The highest BCUT2D eigenvalue weighted by atomic mass is 32.2. The summed E-state index contributed by atoms with van der Waals surface area (Å²) in [5.74, 6) is 0. The Hall–Kier alpha value is -0.920. The molecule has 21 heavy (non-hydrogen) atoms. The van der Waals surface area contributed by atoms with E-state index in [9.17, 15) is 8.42 Å². The Bertz CT molecular complexity index is 557. The molecule has 2 N–H and O–H groups in total. The maximum Gasteiger partial charge on any atom is 0.260 e. The SMILES string of the molecule is O=S(=O)(c1[nH]ncc1CNC1CC1)N1CCCCCCC1. The lowest BCUT2D eigenvalue weighted by molar-refractivity contribution is 0.362. The molecule has 2 aliphatic rings. The Morgan fingerprint density at radius 3 is 2.52 bits per heavy atom. The van der Waals surface area contributed by atoms with Gasteiger partial charge in [-0.15, -0.1) is 0 Å². The van der Waals surface area contributed by atoms with Crippen molar-refractivity contribution in [2.24, 2.45) is 0 Å². The number of aromatic nitrogens is 2. The lowest BCUT2D eigenvalue weighted by Crippen LogP contribution is -2.35. The molecule has 3 rings (SSSR count). The summed E-state index contributed by atoms with van der Waals surface area (Å²) >= 11 is 0. The van der Waals surface area contributed by atoms with Crippen molar-refractivity contribution in [1.29, 1.82) is 0 Å². The molecule has 0 spiro atoms. The van der Waals surface area contributed by atoms with Crippen LogP contribution in [0.3, 0.4) is 0 Å². The summed E-state index contributed by atoms with van der Waals surface area (Å²) in [4.78, 5) is 0. The summed E-state index contributed by atoms with van der Waals surface area (Å²) in [6, 6.07) is 0.553. The molecule has 2 heterocycles. The van der Waals surface area contributed by atoms with Crippen LogP contribution in [-0.2, 0) is 16.6 Å². The number of hydrogen-bond acceptors (Lipinski definition) is 4.